The van der Waals surface area contributed by atoms with Gasteiger partial charge in [0.05, 0.1) is 5.60 Å². The highest BCUT2D eigenvalue weighted by molar-refractivity contribution is 6.05. The van der Waals surface area contributed by atoms with E-state index in [2.05, 4.69) is 46.6 Å². The van der Waals surface area contributed by atoms with E-state index in [9.17, 15) is 19.5 Å². The molecule has 0 aliphatic carbocycles. The second-order valence-electron chi connectivity index (χ2n) is 10.6. The van der Waals surface area contributed by atoms with Crippen molar-refractivity contribution in [2.75, 3.05) is 13.1 Å². The van der Waals surface area contributed by atoms with E-state index in [0.29, 0.717) is 31.4 Å². The number of likely N-dealkylation sites (tertiary alicyclic amines) is 1. The van der Waals surface area contributed by atoms with Crippen molar-refractivity contribution in [2.24, 2.45) is 0 Å². The molecular weight excluding hydrogens is 478 g/mol. The Kier molecular flexibility index (Phi) is 6.33. The summed E-state index contributed by atoms with van der Waals surface area (Å²) in [4.78, 5) is 40.8. The topological polar surface area (TPSA) is 90.0 Å². The Morgan fingerprint density at radius 1 is 0.895 bits per heavy atom. The molecule has 0 spiro atoms. The smallest absolute Gasteiger partial charge is 0.255 e. The van der Waals surface area contributed by atoms with Crippen LogP contribution in [0.25, 0.3) is 11.1 Å². The summed E-state index contributed by atoms with van der Waals surface area (Å²) < 4.78 is 0. The van der Waals surface area contributed by atoms with E-state index < -0.39 is 17.6 Å². The third-order valence-corrected chi connectivity index (χ3v) is 8.21. The number of nitrogens with one attached hydrogen (secondary N) is 1. The minimum atomic E-state index is -0.951. The molecule has 0 aromatic heterocycles. The van der Waals surface area contributed by atoms with Crippen LogP contribution in [-0.4, -0.2) is 51.8 Å². The monoisotopic (exact) mass is 509 g/mol. The highest BCUT2D eigenvalue weighted by Gasteiger charge is 2.40. The summed E-state index contributed by atoms with van der Waals surface area (Å²) in [6, 6.07) is 23.9. The second-order valence-corrected chi connectivity index (χ2v) is 10.6. The minimum Gasteiger partial charge on any atom is -0.385 e. The summed E-state index contributed by atoms with van der Waals surface area (Å²) in [6.07, 6.45) is 1.79. The average molecular weight is 510 g/mol. The van der Waals surface area contributed by atoms with Crippen molar-refractivity contribution in [3.63, 3.8) is 0 Å². The van der Waals surface area contributed by atoms with Gasteiger partial charge in [-0.1, -0.05) is 66.7 Å². The second kappa shape index (κ2) is 9.82. The van der Waals surface area contributed by atoms with Crippen molar-refractivity contribution < 1.29 is 19.5 Å². The molecule has 0 bridgehead atoms. The number of amides is 3. The molecule has 3 aliphatic rings. The molecule has 3 aromatic rings. The minimum absolute atomic E-state index is 0.193. The highest BCUT2D eigenvalue weighted by Crippen LogP contribution is 2.37. The molecule has 0 saturated carbocycles. The Balaban J connectivity index is 1.09. The predicted molar refractivity (Wildman–Crippen MR) is 143 cm³/mol. The van der Waals surface area contributed by atoms with Crippen LogP contribution in [0.4, 0.5) is 0 Å². The van der Waals surface area contributed by atoms with Crippen LogP contribution in [0.3, 0.4) is 0 Å². The van der Waals surface area contributed by atoms with E-state index in [-0.39, 0.29) is 18.2 Å². The molecule has 7 nitrogen and oxygen atoms in total. The van der Waals surface area contributed by atoms with Crippen LogP contribution in [0.5, 0.6) is 0 Å². The van der Waals surface area contributed by atoms with Crippen molar-refractivity contribution >= 4 is 17.7 Å². The van der Waals surface area contributed by atoms with E-state index in [1.54, 1.807) is 11.0 Å². The Hall–Kier alpha value is -3.81. The van der Waals surface area contributed by atoms with Crippen LogP contribution >= 0.6 is 0 Å². The van der Waals surface area contributed by atoms with Gasteiger partial charge in [-0.25, -0.2) is 0 Å². The number of piperidine rings is 2. The first-order valence-corrected chi connectivity index (χ1v) is 13.3. The van der Waals surface area contributed by atoms with Gasteiger partial charge < -0.3 is 10.0 Å². The Bertz CT molecular complexity index is 1380. The molecule has 2 fully saturated rings. The fourth-order valence-electron chi connectivity index (χ4n) is 5.93. The molecule has 194 valence electrons. The van der Waals surface area contributed by atoms with Gasteiger partial charge in [0.15, 0.2) is 0 Å². The van der Waals surface area contributed by atoms with Crippen molar-refractivity contribution in [3.8, 4) is 11.1 Å². The molecule has 3 amide bonds. The number of fused-ring (bicyclic) bond motifs is 1. The van der Waals surface area contributed by atoms with E-state index in [1.807, 2.05) is 30.3 Å². The molecule has 6 rings (SSSR count). The van der Waals surface area contributed by atoms with Crippen LogP contribution < -0.4 is 5.32 Å². The van der Waals surface area contributed by atoms with Crippen LogP contribution in [0.15, 0.2) is 72.8 Å². The van der Waals surface area contributed by atoms with Crippen LogP contribution in [0.2, 0.25) is 0 Å². The van der Waals surface area contributed by atoms with Crippen molar-refractivity contribution in [1.82, 2.24) is 15.1 Å². The summed E-state index contributed by atoms with van der Waals surface area (Å²) in [5.41, 5.74) is 4.92. The maximum absolute atomic E-state index is 13.0. The number of carbonyl (C=O) groups excluding carboxylic acids is 3. The number of hydrogen-bond acceptors (Lipinski definition) is 5. The van der Waals surface area contributed by atoms with Gasteiger partial charge in [0, 0.05) is 38.2 Å². The van der Waals surface area contributed by atoms with Crippen LogP contribution in [-0.2, 0) is 28.3 Å². The van der Waals surface area contributed by atoms with E-state index >= 15 is 0 Å². The molecule has 3 aliphatic heterocycles. The standard InChI is InChI=1S/C31H31N3O4/c35-28-13-12-27(29(36)32-28)34-20-24-18-25(10-11-26(24)30(34)37)31(38)14-16-33(17-15-31)19-21-6-8-23(9-7-21)22-4-2-1-3-5-22/h1-11,18,27,38H,12-17,19-20H2,(H,32,35,36). The van der Waals surface area contributed by atoms with Crippen molar-refractivity contribution in [1.29, 1.82) is 0 Å². The van der Waals surface area contributed by atoms with Gasteiger partial charge in [0.25, 0.3) is 5.91 Å². The molecular formula is C31H31N3O4. The summed E-state index contributed by atoms with van der Waals surface area (Å²) >= 11 is 0. The summed E-state index contributed by atoms with van der Waals surface area (Å²) in [7, 11) is 0. The number of aliphatic hydroxyl groups is 1. The van der Waals surface area contributed by atoms with E-state index in [0.717, 1.165) is 30.8 Å². The fraction of sp³-hybridized carbons (Fsp3) is 0.323. The van der Waals surface area contributed by atoms with Gasteiger partial charge in [-0.05, 0) is 53.1 Å². The maximum atomic E-state index is 13.0. The lowest BCUT2D eigenvalue weighted by molar-refractivity contribution is -0.136. The molecule has 7 heteroatoms. The molecule has 3 aromatic carbocycles. The number of imide groups is 1. The number of rotatable bonds is 5. The van der Waals surface area contributed by atoms with Crippen molar-refractivity contribution in [3.05, 3.63) is 95.1 Å². The largest absolute Gasteiger partial charge is 0.385 e. The zero-order valence-corrected chi connectivity index (χ0v) is 21.2. The first kappa shape index (κ1) is 24.5. The molecule has 2 saturated heterocycles. The lowest BCUT2D eigenvalue weighted by Crippen LogP contribution is -2.52. The first-order valence-electron chi connectivity index (χ1n) is 13.3. The predicted octanol–water partition coefficient (Wildman–Crippen LogP) is 3.60. The zero-order chi connectivity index (χ0) is 26.3. The number of hydrogen-bond donors (Lipinski definition) is 2. The SMILES string of the molecule is O=C1CCC(N2Cc3cc(C4(O)CCN(Cc5ccc(-c6ccccc6)cc5)CC4)ccc3C2=O)C(=O)N1. The van der Waals surface area contributed by atoms with E-state index in [1.165, 1.54) is 16.7 Å². The summed E-state index contributed by atoms with van der Waals surface area (Å²) in [6.45, 7) is 2.70. The molecule has 3 heterocycles. The van der Waals surface area contributed by atoms with Gasteiger partial charge in [-0.15, -0.1) is 0 Å². The highest BCUT2D eigenvalue weighted by atomic mass is 16.3. The first-order chi connectivity index (χ1) is 18.4. The average Bonchev–Trinajstić information content (AvgIpc) is 3.26. The Morgan fingerprint density at radius 2 is 1.61 bits per heavy atom. The molecule has 1 atom stereocenters. The van der Waals surface area contributed by atoms with E-state index in [4.69, 9.17) is 0 Å². The third-order valence-electron chi connectivity index (χ3n) is 8.21. The molecule has 1 unspecified atom stereocenters. The Labute approximate surface area is 222 Å². The zero-order valence-electron chi connectivity index (χ0n) is 21.2. The van der Waals surface area contributed by atoms with Crippen molar-refractivity contribution in [2.45, 2.75) is 50.4 Å². The summed E-state index contributed by atoms with van der Waals surface area (Å²) in [5, 5.41) is 13.9. The van der Waals surface area contributed by atoms with Gasteiger partial charge >= 0.3 is 0 Å². The van der Waals surface area contributed by atoms with Gasteiger partial charge in [-0.2, -0.15) is 0 Å². The Morgan fingerprint density at radius 3 is 2.32 bits per heavy atom. The lowest BCUT2D eigenvalue weighted by Gasteiger charge is -2.38. The number of carbonyl (C=O) groups is 3. The number of nitrogens with zero attached hydrogens (tertiary/aromatic N) is 2. The maximum Gasteiger partial charge on any atom is 0.255 e. The van der Waals surface area contributed by atoms with Crippen LogP contribution in [0, 0.1) is 0 Å². The van der Waals surface area contributed by atoms with Gasteiger partial charge in [-0.3, -0.25) is 24.6 Å². The number of benzene rings is 3. The van der Waals surface area contributed by atoms with Crippen LogP contribution in [0.1, 0.15) is 52.7 Å². The lowest BCUT2D eigenvalue weighted by atomic mass is 9.83. The molecule has 38 heavy (non-hydrogen) atoms. The van der Waals surface area contributed by atoms with Gasteiger partial charge in [0.2, 0.25) is 11.8 Å². The summed E-state index contributed by atoms with van der Waals surface area (Å²) in [5.74, 6) is -0.903. The van der Waals surface area contributed by atoms with Gasteiger partial charge in [0.1, 0.15) is 6.04 Å². The third kappa shape index (κ3) is 4.64. The fourth-order valence-corrected chi connectivity index (χ4v) is 5.93. The molecule has 0 radical (unpaired) electrons. The normalized spacial score (nSPS) is 21.3. The molecule has 2 N–H and O–H groups in total. The quantitative estimate of drug-likeness (QED) is 0.513.